The van der Waals surface area contributed by atoms with Crippen LogP contribution in [0.4, 0.5) is 0 Å². The lowest BCUT2D eigenvalue weighted by Crippen LogP contribution is -2.86. The number of carbonyl (C=O) groups is 6. The van der Waals surface area contributed by atoms with Gasteiger partial charge in [-0.05, 0) is 27.2 Å². The molecule has 5 N–H and O–H groups in total. The molecule has 0 fully saturated rings. The maximum Gasteiger partial charge on any atom is 0.240 e. The van der Waals surface area contributed by atoms with Crippen molar-refractivity contribution in [1.82, 2.24) is 0 Å². The van der Waals surface area contributed by atoms with E-state index in [-0.39, 0.29) is 6.42 Å². The molecule has 0 saturated heterocycles. The summed E-state index contributed by atoms with van der Waals surface area (Å²) in [7, 11) is 0. The number of rotatable bonds is 16. The predicted octanol–water partition coefficient (Wildman–Crippen LogP) is -1.24. The van der Waals surface area contributed by atoms with Crippen LogP contribution in [-0.4, -0.2) is 89.2 Å². The van der Waals surface area contributed by atoms with Crippen molar-refractivity contribution in [3.8, 4) is 0 Å². The SMILES string of the molecule is CCCCCCCC(=O)[C@@](O)(CO)[C@](O)(C(C)=O)[C@@](O)(C(C)=O)[C@](O)(C(C)=O)C(=O)C(C)=O. The average molecular weight is 475 g/mol. The Morgan fingerprint density at radius 2 is 1.12 bits per heavy atom. The minimum absolute atomic E-state index is 0.136. The van der Waals surface area contributed by atoms with Crippen LogP contribution >= 0.6 is 0 Å². The Hall–Kier alpha value is -2.18. The molecular formula is C22H34O11. The molecule has 0 aliphatic heterocycles. The lowest BCUT2D eigenvalue weighted by molar-refractivity contribution is -0.265. The van der Waals surface area contributed by atoms with Gasteiger partial charge in [-0.3, -0.25) is 28.8 Å². The first-order valence-corrected chi connectivity index (χ1v) is 10.6. The van der Waals surface area contributed by atoms with Crippen LogP contribution in [0.15, 0.2) is 0 Å². The molecule has 0 heterocycles. The van der Waals surface area contributed by atoms with Crippen molar-refractivity contribution in [1.29, 1.82) is 0 Å². The zero-order valence-electron chi connectivity index (χ0n) is 19.6. The summed E-state index contributed by atoms with van der Waals surface area (Å²) in [5, 5.41) is 54.3. The van der Waals surface area contributed by atoms with Gasteiger partial charge in [-0.15, -0.1) is 0 Å². The quantitative estimate of drug-likeness (QED) is 0.102. The first-order chi connectivity index (χ1) is 15.0. The van der Waals surface area contributed by atoms with E-state index in [2.05, 4.69) is 0 Å². The second-order valence-electron chi connectivity index (χ2n) is 8.29. The maximum absolute atomic E-state index is 12.9. The maximum atomic E-state index is 12.9. The number of Topliss-reactive ketones (excluding diaryl/α,β-unsaturated/α-hetero) is 6. The molecule has 33 heavy (non-hydrogen) atoms. The van der Waals surface area contributed by atoms with Crippen LogP contribution in [0.1, 0.15) is 73.1 Å². The number of unbranched alkanes of at least 4 members (excludes halogenated alkanes) is 4. The number of aliphatic hydroxyl groups excluding tert-OH is 1. The zero-order valence-corrected chi connectivity index (χ0v) is 19.6. The predicted molar refractivity (Wildman–Crippen MR) is 113 cm³/mol. The molecule has 0 bridgehead atoms. The summed E-state index contributed by atoms with van der Waals surface area (Å²) in [6.07, 6.45) is 2.56. The third-order valence-corrected chi connectivity index (χ3v) is 6.02. The number of ketones is 6. The van der Waals surface area contributed by atoms with Crippen LogP contribution in [0, 0.1) is 0 Å². The Morgan fingerprint density at radius 3 is 1.45 bits per heavy atom. The Bertz CT molecular complexity index is 819. The van der Waals surface area contributed by atoms with Crippen LogP contribution in [0.3, 0.4) is 0 Å². The van der Waals surface area contributed by atoms with Gasteiger partial charge in [-0.25, -0.2) is 0 Å². The Morgan fingerprint density at radius 1 is 0.667 bits per heavy atom. The van der Waals surface area contributed by atoms with E-state index in [0.29, 0.717) is 40.5 Å². The Balaban J connectivity index is 7.04. The fraction of sp³-hybridized carbons (Fsp3) is 0.727. The van der Waals surface area contributed by atoms with E-state index in [1.165, 1.54) is 0 Å². The molecular weight excluding hydrogens is 440 g/mol. The monoisotopic (exact) mass is 474 g/mol. The molecule has 11 nitrogen and oxygen atoms in total. The molecule has 11 heteroatoms. The van der Waals surface area contributed by atoms with Crippen molar-refractivity contribution in [2.24, 2.45) is 0 Å². The first kappa shape index (κ1) is 30.8. The molecule has 0 rings (SSSR count). The summed E-state index contributed by atoms with van der Waals surface area (Å²) < 4.78 is 0. The molecule has 188 valence electrons. The highest BCUT2D eigenvalue weighted by Gasteiger charge is 2.79. The van der Waals surface area contributed by atoms with Gasteiger partial charge in [0.1, 0.15) is 0 Å². The molecule has 0 unspecified atom stereocenters. The fourth-order valence-electron chi connectivity index (χ4n) is 3.95. The van der Waals surface area contributed by atoms with Gasteiger partial charge in [0.05, 0.1) is 6.61 Å². The van der Waals surface area contributed by atoms with Crippen molar-refractivity contribution in [2.45, 2.75) is 95.5 Å². The molecule has 0 aromatic carbocycles. The van der Waals surface area contributed by atoms with Crippen molar-refractivity contribution in [2.75, 3.05) is 6.61 Å². The van der Waals surface area contributed by atoms with Crippen LogP contribution < -0.4 is 0 Å². The second-order valence-corrected chi connectivity index (χ2v) is 8.29. The molecule has 4 atom stereocenters. The third-order valence-electron chi connectivity index (χ3n) is 6.02. The molecule has 0 aromatic heterocycles. The van der Waals surface area contributed by atoms with Gasteiger partial charge in [0.2, 0.25) is 22.6 Å². The highest BCUT2D eigenvalue weighted by Crippen LogP contribution is 2.44. The normalized spacial score (nSPS) is 18.7. The van der Waals surface area contributed by atoms with E-state index in [0.717, 1.165) is 12.8 Å². The summed E-state index contributed by atoms with van der Waals surface area (Å²) >= 11 is 0. The third kappa shape index (κ3) is 4.87. The molecule has 0 aromatic rings. The Kier molecular flexibility index (Phi) is 10.6. The van der Waals surface area contributed by atoms with E-state index in [9.17, 15) is 54.3 Å². The molecule has 0 aliphatic carbocycles. The van der Waals surface area contributed by atoms with Crippen molar-refractivity contribution in [3.63, 3.8) is 0 Å². The van der Waals surface area contributed by atoms with Crippen molar-refractivity contribution < 1.29 is 54.3 Å². The number of carbonyl (C=O) groups excluding carboxylic acids is 6. The van der Waals surface area contributed by atoms with Gasteiger partial charge in [0, 0.05) is 13.3 Å². The molecule has 0 saturated carbocycles. The Labute approximate surface area is 191 Å². The smallest absolute Gasteiger partial charge is 0.240 e. The first-order valence-electron chi connectivity index (χ1n) is 10.6. The standard InChI is InChI=1S/C22H34O11/c1-6-7-8-9-10-11-17(28)19(30,12-23)21(32,15(4)26)22(33,16(5)27)20(31,14(3)25)18(29)13(2)24/h23,30-33H,6-12H2,1-5H3/t19-,20-,21+,22+/m0/s1. The number of aliphatic hydroxyl groups is 5. The van der Waals surface area contributed by atoms with Crippen molar-refractivity contribution >= 4 is 34.7 Å². The second kappa shape index (κ2) is 11.3. The van der Waals surface area contributed by atoms with E-state index >= 15 is 0 Å². The summed E-state index contributed by atoms with van der Waals surface area (Å²) in [6.45, 7) is 2.26. The minimum atomic E-state index is -4.21. The topological polar surface area (TPSA) is 204 Å². The number of hydrogen-bond donors (Lipinski definition) is 5. The average Bonchev–Trinajstić information content (AvgIpc) is 2.74. The number of hydrogen-bond acceptors (Lipinski definition) is 11. The molecule has 0 amide bonds. The van der Waals surface area contributed by atoms with Crippen LogP contribution in [-0.2, 0) is 28.8 Å². The molecule has 0 aliphatic rings. The van der Waals surface area contributed by atoms with Gasteiger partial charge in [-0.2, -0.15) is 0 Å². The highest BCUT2D eigenvalue weighted by molar-refractivity contribution is 6.45. The summed E-state index contributed by atoms with van der Waals surface area (Å²) in [5.41, 5.74) is -16.0. The van der Waals surface area contributed by atoms with Gasteiger partial charge < -0.3 is 25.5 Å². The summed E-state index contributed by atoms with van der Waals surface area (Å²) in [5.74, 6) is -10.2. The van der Waals surface area contributed by atoms with Gasteiger partial charge in [0.15, 0.2) is 34.5 Å². The van der Waals surface area contributed by atoms with E-state index in [4.69, 9.17) is 0 Å². The van der Waals surface area contributed by atoms with Crippen LogP contribution in [0.2, 0.25) is 0 Å². The molecule has 0 radical (unpaired) electrons. The van der Waals surface area contributed by atoms with E-state index in [1.54, 1.807) is 0 Å². The zero-order chi connectivity index (χ0) is 26.4. The van der Waals surface area contributed by atoms with Gasteiger partial charge in [-0.1, -0.05) is 32.6 Å². The van der Waals surface area contributed by atoms with E-state index < -0.39 is 70.1 Å². The lowest BCUT2D eigenvalue weighted by Gasteiger charge is -2.52. The lowest BCUT2D eigenvalue weighted by atomic mass is 9.57. The van der Waals surface area contributed by atoms with Crippen LogP contribution in [0.25, 0.3) is 0 Å². The van der Waals surface area contributed by atoms with Gasteiger partial charge >= 0.3 is 0 Å². The van der Waals surface area contributed by atoms with Gasteiger partial charge in [0.25, 0.3) is 0 Å². The van der Waals surface area contributed by atoms with Crippen molar-refractivity contribution in [3.05, 3.63) is 0 Å². The molecule has 0 spiro atoms. The van der Waals surface area contributed by atoms with Crippen LogP contribution in [0.5, 0.6) is 0 Å². The summed E-state index contributed by atoms with van der Waals surface area (Å²) in [4.78, 5) is 74.6. The minimum Gasteiger partial charge on any atom is -0.393 e. The summed E-state index contributed by atoms with van der Waals surface area (Å²) in [6, 6.07) is 0. The fourth-order valence-corrected chi connectivity index (χ4v) is 3.95. The highest BCUT2D eigenvalue weighted by atomic mass is 16.4. The van der Waals surface area contributed by atoms with E-state index in [1.807, 2.05) is 6.92 Å². The largest absolute Gasteiger partial charge is 0.393 e.